The predicted molar refractivity (Wildman–Crippen MR) is 92.3 cm³/mol. The maximum absolute atomic E-state index is 6.03. The molecule has 0 amide bonds. The second kappa shape index (κ2) is 4.42. The van der Waals surface area contributed by atoms with Crippen molar-refractivity contribution in [2.45, 2.75) is 0 Å². The van der Waals surface area contributed by atoms with Gasteiger partial charge in [0.2, 0.25) is 0 Å². The van der Waals surface area contributed by atoms with Gasteiger partial charge in [0.1, 0.15) is 5.58 Å². The molecule has 0 aliphatic rings. The summed E-state index contributed by atoms with van der Waals surface area (Å²) >= 11 is 1.70. The number of pyridine rings is 1. The molecule has 0 N–H and O–H groups in total. The minimum Gasteiger partial charge on any atom is -0.445 e. The molecular formula is C19H11NOS. The lowest BCUT2D eigenvalue weighted by Crippen LogP contribution is -1.81. The topological polar surface area (TPSA) is 26.0 Å². The molecule has 0 aliphatic carbocycles. The predicted octanol–water partition coefficient (Wildman–Crippen LogP) is 5.86. The van der Waals surface area contributed by atoms with E-state index in [0.29, 0.717) is 0 Å². The van der Waals surface area contributed by atoms with E-state index in [2.05, 4.69) is 41.4 Å². The second-order valence-electron chi connectivity index (χ2n) is 5.26. The van der Waals surface area contributed by atoms with Gasteiger partial charge in [0.05, 0.1) is 5.69 Å². The number of hydrogen-bond donors (Lipinski definition) is 0. The van der Waals surface area contributed by atoms with Crippen molar-refractivity contribution in [1.82, 2.24) is 4.98 Å². The fourth-order valence-corrected chi connectivity index (χ4v) is 4.21. The van der Waals surface area contributed by atoms with Crippen molar-refractivity contribution in [3.63, 3.8) is 0 Å². The lowest BCUT2D eigenvalue weighted by molar-refractivity contribution is 0.678. The van der Waals surface area contributed by atoms with Crippen LogP contribution in [0.1, 0.15) is 0 Å². The van der Waals surface area contributed by atoms with Crippen LogP contribution in [0.5, 0.6) is 0 Å². The lowest BCUT2D eigenvalue weighted by atomic mass is 10.1. The molecule has 3 heteroatoms. The zero-order valence-electron chi connectivity index (χ0n) is 11.6. The van der Waals surface area contributed by atoms with E-state index in [-0.39, 0.29) is 0 Å². The van der Waals surface area contributed by atoms with Crippen LogP contribution in [0.3, 0.4) is 0 Å². The number of para-hydroxylation sites is 1. The maximum atomic E-state index is 6.03. The van der Waals surface area contributed by atoms with Gasteiger partial charge in [-0.25, -0.2) is 0 Å². The Balaban J connectivity index is 1.94. The van der Waals surface area contributed by atoms with Gasteiger partial charge in [0.15, 0.2) is 4.90 Å². The summed E-state index contributed by atoms with van der Waals surface area (Å²) in [5, 5.41) is 3.64. The van der Waals surface area contributed by atoms with Crippen LogP contribution in [0.4, 0.5) is 0 Å². The number of rotatable bonds is 1. The molecule has 0 saturated heterocycles. The minimum atomic E-state index is 0.953. The molecule has 104 valence electrons. The molecular weight excluding hydrogens is 290 g/mol. The van der Waals surface area contributed by atoms with E-state index in [9.17, 15) is 0 Å². The van der Waals surface area contributed by atoms with Gasteiger partial charge in [-0.15, -0.1) is 0 Å². The van der Waals surface area contributed by atoms with Crippen LogP contribution >= 0.6 is 11.3 Å². The quantitative estimate of drug-likeness (QED) is 0.387. The largest absolute Gasteiger partial charge is 0.445 e. The van der Waals surface area contributed by atoms with Crippen LogP contribution in [-0.2, 0) is 0 Å². The zero-order valence-corrected chi connectivity index (χ0v) is 12.4. The molecule has 0 unspecified atom stereocenters. The Hall–Kier alpha value is -2.65. The van der Waals surface area contributed by atoms with Crippen molar-refractivity contribution in [1.29, 1.82) is 0 Å². The van der Waals surface area contributed by atoms with E-state index in [4.69, 9.17) is 4.42 Å². The summed E-state index contributed by atoms with van der Waals surface area (Å²) in [5.41, 5.74) is 3.12. The Morgan fingerprint density at radius 3 is 2.59 bits per heavy atom. The van der Waals surface area contributed by atoms with Crippen LogP contribution in [0.15, 0.2) is 71.3 Å². The average molecular weight is 301 g/mol. The van der Waals surface area contributed by atoms with E-state index >= 15 is 0 Å². The highest BCUT2D eigenvalue weighted by Gasteiger charge is 2.16. The fourth-order valence-electron chi connectivity index (χ4n) is 3.01. The molecule has 0 atom stereocenters. The van der Waals surface area contributed by atoms with Crippen molar-refractivity contribution in [3.8, 4) is 11.3 Å². The Kier molecular flexibility index (Phi) is 2.40. The SMILES string of the molecule is c1ccc(-c2cccc3c2sc2oc4ccccc4c23)nc1. The summed E-state index contributed by atoms with van der Waals surface area (Å²) in [4.78, 5) is 5.48. The summed E-state index contributed by atoms with van der Waals surface area (Å²) < 4.78 is 7.26. The lowest BCUT2D eigenvalue weighted by Gasteiger charge is -2.02. The van der Waals surface area contributed by atoms with E-state index in [1.807, 2.05) is 30.5 Å². The van der Waals surface area contributed by atoms with Crippen LogP contribution in [-0.4, -0.2) is 4.98 Å². The molecule has 2 nitrogen and oxygen atoms in total. The summed E-state index contributed by atoms with van der Waals surface area (Å²) in [6, 6.07) is 20.6. The third-order valence-electron chi connectivity index (χ3n) is 3.98. The third-order valence-corrected chi connectivity index (χ3v) is 5.10. The number of furan rings is 1. The van der Waals surface area contributed by atoms with Gasteiger partial charge in [-0.2, -0.15) is 0 Å². The Morgan fingerprint density at radius 1 is 0.818 bits per heavy atom. The van der Waals surface area contributed by atoms with E-state index in [1.54, 1.807) is 11.3 Å². The molecule has 0 radical (unpaired) electrons. The molecule has 3 heterocycles. The number of aromatic nitrogens is 1. The van der Waals surface area contributed by atoms with E-state index < -0.39 is 0 Å². The standard InChI is InChI=1S/C19H11NOS/c1-2-10-16-13(6-1)17-14-8-5-7-12(15-9-3-4-11-20-15)18(14)22-19(17)21-16/h1-11H. The average Bonchev–Trinajstić information content (AvgIpc) is 3.11. The monoisotopic (exact) mass is 301 g/mol. The zero-order chi connectivity index (χ0) is 14.5. The van der Waals surface area contributed by atoms with Crippen molar-refractivity contribution in [2.75, 3.05) is 0 Å². The Morgan fingerprint density at radius 2 is 1.68 bits per heavy atom. The molecule has 5 rings (SSSR count). The van der Waals surface area contributed by atoms with Gasteiger partial charge in [-0.1, -0.05) is 53.8 Å². The van der Waals surface area contributed by atoms with Crippen molar-refractivity contribution < 1.29 is 4.42 Å². The normalized spacial score (nSPS) is 11.6. The van der Waals surface area contributed by atoms with Crippen molar-refractivity contribution in [3.05, 3.63) is 66.9 Å². The highest BCUT2D eigenvalue weighted by Crippen LogP contribution is 2.43. The highest BCUT2D eigenvalue weighted by molar-refractivity contribution is 7.26. The van der Waals surface area contributed by atoms with E-state index in [1.165, 1.54) is 26.4 Å². The first-order chi connectivity index (χ1) is 10.9. The molecule has 0 saturated carbocycles. The van der Waals surface area contributed by atoms with Crippen LogP contribution < -0.4 is 0 Å². The van der Waals surface area contributed by atoms with Gasteiger partial charge in [-0.05, 0) is 18.2 Å². The minimum absolute atomic E-state index is 0.953. The molecule has 5 aromatic rings. The van der Waals surface area contributed by atoms with Gasteiger partial charge in [0, 0.05) is 32.6 Å². The summed E-state index contributed by atoms with van der Waals surface area (Å²) in [6.07, 6.45) is 1.83. The fraction of sp³-hybridized carbons (Fsp3) is 0. The van der Waals surface area contributed by atoms with E-state index in [0.717, 1.165) is 16.2 Å². The van der Waals surface area contributed by atoms with Gasteiger partial charge in [0.25, 0.3) is 0 Å². The molecule has 0 fully saturated rings. The Labute approximate surface area is 130 Å². The van der Waals surface area contributed by atoms with Gasteiger partial charge in [-0.3, -0.25) is 4.98 Å². The van der Waals surface area contributed by atoms with Crippen LogP contribution in [0.2, 0.25) is 0 Å². The summed E-state index contributed by atoms with van der Waals surface area (Å²) in [7, 11) is 0. The molecule has 0 bridgehead atoms. The number of fused-ring (bicyclic) bond motifs is 5. The molecule has 2 aromatic carbocycles. The third kappa shape index (κ3) is 1.57. The molecule has 22 heavy (non-hydrogen) atoms. The first kappa shape index (κ1) is 12.0. The Bertz CT molecular complexity index is 1120. The van der Waals surface area contributed by atoms with Crippen molar-refractivity contribution in [2.24, 2.45) is 0 Å². The van der Waals surface area contributed by atoms with Crippen LogP contribution in [0.25, 0.3) is 42.6 Å². The second-order valence-corrected chi connectivity index (χ2v) is 6.24. The van der Waals surface area contributed by atoms with Gasteiger partial charge >= 0.3 is 0 Å². The maximum Gasteiger partial charge on any atom is 0.190 e. The molecule has 0 spiro atoms. The first-order valence-corrected chi connectivity index (χ1v) is 7.97. The number of thiophene rings is 1. The summed E-state index contributed by atoms with van der Waals surface area (Å²) in [6.45, 7) is 0. The van der Waals surface area contributed by atoms with Gasteiger partial charge < -0.3 is 4.42 Å². The number of benzene rings is 2. The summed E-state index contributed by atoms with van der Waals surface area (Å²) in [5.74, 6) is 0. The molecule has 0 aliphatic heterocycles. The first-order valence-electron chi connectivity index (χ1n) is 7.16. The highest BCUT2D eigenvalue weighted by atomic mass is 32.1. The van der Waals surface area contributed by atoms with Crippen molar-refractivity contribution >= 4 is 42.7 Å². The molecule has 3 aromatic heterocycles. The number of nitrogens with zero attached hydrogens (tertiary/aromatic N) is 1. The van der Waals surface area contributed by atoms with Crippen LogP contribution in [0, 0.1) is 0 Å². The number of hydrogen-bond acceptors (Lipinski definition) is 3. The smallest absolute Gasteiger partial charge is 0.190 e.